The molecule has 0 aliphatic heterocycles. The highest BCUT2D eigenvalue weighted by molar-refractivity contribution is 5.97. The number of carbonyl (C=O) groups excluding carboxylic acids is 2. The van der Waals surface area contributed by atoms with Gasteiger partial charge in [-0.1, -0.05) is 11.6 Å². The van der Waals surface area contributed by atoms with E-state index in [4.69, 9.17) is 9.15 Å². The average molecular weight is 387 g/mol. The fraction of sp³-hybridized carbons (Fsp3) is 0.150. The number of amides is 1. The zero-order chi connectivity index (χ0) is 20.4. The SMILES string of the molecule is Cc1ccc2oc(C(=O)O[C@@H](C)C(=O)Nc3cc(F)ccc3F)cc(=O)c2c1. The normalized spacial score (nSPS) is 11.9. The van der Waals surface area contributed by atoms with Crippen LogP contribution < -0.4 is 10.7 Å². The summed E-state index contributed by atoms with van der Waals surface area (Å²) >= 11 is 0. The van der Waals surface area contributed by atoms with Crippen LogP contribution in [0.3, 0.4) is 0 Å². The molecular weight excluding hydrogens is 372 g/mol. The number of anilines is 1. The molecule has 0 spiro atoms. The average Bonchev–Trinajstić information content (AvgIpc) is 2.65. The standard InChI is InChI=1S/C20H15F2NO5/c1-10-3-6-17-13(7-10)16(24)9-18(28-17)20(26)27-11(2)19(25)23-15-8-12(21)4-5-14(15)22/h3-9,11H,1-2H3,(H,23,25)/t11-/m0/s1. The zero-order valence-corrected chi connectivity index (χ0v) is 14.9. The fourth-order valence-electron chi connectivity index (χ4n) is 2.47. The predicted octanol–water partition coefficient (Wildman–Crippen LogP) is 3.56. The van der Waals surface area contributed by atoms with Crippen LogP contribution in [0.4, 0.5) is 14.5 Å². The first-order valence-corrected chi connectivity index (χ1v) is 8.26. The highest BCUT2D eigenvalue weighted by Gasteiger charge is 2.22. The minimum Gasteiger partial charge on any atom is -0.449 e. The predicted molar refractivity (Wildman–Crippen MR) is 97.1 cm³/mol. The number of carbonyl (C=O) groups is 2. The van der Waals surface area contributed by atoms with Crippen LogP contribution in [0.15, 0.2) is 51.7 Å². The highest BCUT2D eigenvalue weighted by Crippen LogP contribution is 2.17. The number of halogens is 2. The van der Waals surface area contributed by atoms with Crippen molar-refractivity contribution < 1.29 is 27.5 Å². The lowest BCUT2D eigenvalue weighted by Gasteiger charge is -2.13. The molecule has 0 saturated carbocycles. The summed E-state index contributed by atoms with van der Waals surface area (Å²) in [6.45, 7) is 3.05. The monoisotopic (exact) mass is 387 g/mol. The summed E-state index contributed by atoms with van der Waals surface area (Å²) in [5, 5.41) is 2.44. The van der Waals surface area contributed by atoms with Crippen molar-refractivity contribution in [3.63, 3.8) is 0 Å². The summed E-state index contributed by atoms with van der Waals surface area (Å²) in [6.07, 6.45) is -1.35. The number of rotatable bonds is 4. The van der Waals surface area contributed by atoms with E-state index in [0.717, 1.165) is 29.8 Å². The first kappa shape index (κ1) is 19.2. The Hall–Kier alpha value is -3.55. The van der Waals surface area contributed by atoms with Crippen molar-refractivity contribution in [3.8, 4) is 0 Å². The molecule has 0 unspecified atom stereocenters. The molecule has 1 N–H and O–H groups in total. The van der Waals surface area contributed by atoms with E-state index in [9.17, 15) is 23.2 Å². The van der Waals surface area contributed by atoms with Gasteiger partial charge in [-0.25, -0.2) is 13.6 Å². The van der Waals surface area contributed by atoms with Crippen LogP contribution in [0.2, 0.25) is 0 Å². The van der Waals surface area contributed by atoms with Gasteiger partial charge in [0.1, 0.15) is 17.2 Å². The number of ether oxygens (including phenoxy) is 1. The second-order valence-electron chi connectivity index (χ2n) is 6.14. The molecule has 144 valence electrons. The summed E-state index contributed by atoms with van der Waals surface area (Å²) in [4.78, 5) is 36.5. The molecule has 3 aromatic rings. The molecule has 2 aromatic carbocycles. The van der Waals surface area contributed by atoms with Gasteiger partial charge in [0.15, 0.2) is 11.5 Å². The topological polar surface area (TPSA) is 85.6 Å². The molecule has 1 atom stereocenters. The van der Waals surface area contributed by atoms with Gasteiger partial charge in [-0.05, 0) is 38.1 Å². The number of esters is 1. The van der Waals surface area contributed by atoms with Gasteiger partial charge in [0.05, 0.1) is 11.1 Å². The summed E-state index contributed by atoms with van der Waals surface area (Å²) < 4.78 is 37.1. The molecule has 3 rings (SSSR count). The molecule has 1 heterocycles. The number of benzene rings is 2. The van der Waals surface area contributed by atoms with Gasteiger partial charge < -0.3 is 14.5 Å². The van der Waals surface area contributed by atoms with E-state index in [1.165, 1.54) is 6.92 Å². The van der Waals surface area contributed by atoms with Gasteiger partial charge in [0, 0.05) is 12.1 Å². The van der Waals surface area contributed by atoms with E-state index in [1.807, 2.05) is 6.92 Å². The minimum absolute atomic E-state index is 0.198. The summed E-state index contributed by atoms with van der Waals surface area (Å²) in [5.74, 6) is -3.88. The maximum absolute atomic E-state index is 13.6. The van der Waals surface area contributed by atoms with E-state index in [2.05, 4.69) is 5.32 Å². The third-order valence-electron chi connectivity index (χ3n) is 3.92. The molecule has 0 radical (unpaired) electrons. The van der Waals surface area contributed by atoms with Crippen molar-refractivity contribution in [1.29, 1.82) is 0 Å². The number of nitrogens with one attached hydrogen (secondary N) is 1. The maximum atomic E-state index is 13.6. The van der Waals surface area contributed by atoms with Crippen molar-refractivity contribution in [1.82, 2.24) is 0 Å². The van der Waals surface area contributed by atoms with Crippen LogP contribution >= 0.6 is 0 Å². The Morgan fingerprint density at radius 1 is 1.11 bits per heavy atom. The van der Waals surface area contributed by atoms with E-state index in [1.54, 1.807) is 18.2 Å². The molecule has 0 bridgehead atoms. The molecular formula is C20H15F2NO5. The number of hydrogen-bond donors (Lipinski definition) is 1. The van der Waals surface area contributed by atoms with Crippen LogP contribution in [0, 0.1) is 18.6 Å². The molecule has 1 amide bonds. The van der Waals surface area contributed by atoms with Gasteiger partial charge in [0.25, 0.3) is 5.91 Å². The first-order chi connectivity index (χ1) is 13.2. The smallest absolute Gasteiger partial charge is 0.375 e. The largest absolute Gasteiger partial charge is 0.449 e. The lowest BCUT2D eigenvalue weighted by atomic mass is 10.1. The van der Waals surface area contributed by atoms with Crippen LogP contribution in [-0.4, -0.2) is 18.0 Å². The van der Waals surface area contributed by atoms with E-state index in [-0.39, 0.29) is 17.0 Å². The van der Waals surface area contributed by atoms with Crippen LogP contribution in [0.5, 0.6) is 0 Å². The van der Waals surface area contributed by atoms with E-state index >= 15 is 0 Å². The summed E-state index contributed by atoms with van der Waals surface area (Å²) in [7, 11) is 0. The Balaban J connectivity index is 1.76. The van der Waals surface area contributed by atoms with Gasteiger partial charge >= 0.3 is 5.97 Å². The highest BCUT2D eigenvalue weighted by atomic mass is 19.1. The first-order valence-electron chi connectivity index (χ1n) is 8.26. The molecule has 0 aliphatic rings. The second kappa shape index (κ2) is 7.59. The summed E-state index contributed by atoms with van der Waals surface area (Å²) in [6, 6.07) is 8.41. The Kier molecular flexibility index (Phi) is 5.21. The Labute approximate surface area is 157 Å². The molecule has 0 saturated heterocycles. The molecule has 0 fully saturated rings. The van der Waals surface area contributed by atoms with Gasteiger partial charge in [0.2, 0.25) is 5.76 Å². The number of fused-ring (bicyclic) bond motifs is 1. The minimum atomic E-state index is -1.35. The molecule has 6 nitrogen and oxygen atoms in total. The van der Waals surface area contributed by atoms with E-state index < -0.39 is 35.0 Å². The molecule has 28 heavy (non-hydrogen) atoms. The third kappa shape index (κ3) is 4.06. The zero-order valence-electron chi connectivity index (χ0n) is 14.9. The van der Waals surface area contributed by atoms with Gasteiger partial charge in [-0.3, -0.25) is 9.59 Å². The van der Waals surface area contributed by atoms with Crippen LogP contribution in [0.1, 0.15) is 23.0 Å². The van der Waals surface area contributed by atoms with Crippen molar-refractivity contribution in [2.45, 2.75) is 20.0 Å². The second-order valence-corrected chi connectivity index (χ2v) is 6.14. The summed E-state index contributed by atoms with van der Waals surface area (Å²) in [5.41, 5.74) is 0.227. The van der Waals surface area contributed by atoms with Gasteiger partial charge in [-0.2, -0.15) is 0 Å². The quantitative estimate of drug-likeness (QED) is 0.692. The maximum Gasteiger partial charge on any atom is 0.375 e. The lowest BCUT2D eigenvalue weighted by Crippen LogP contribution is -2.30. The Bertz CT molecular complexity index is 1140. The number of hydrogen-bond acceptors (Lipinski definition) is 5. The Morgan fingerprint density at radius 3 is 2.61 bits per heavy atom. The molecule has 0 aliphatic carbocycles. The van der Waals surface area contributed by atoms with Crippen molar-refractivity contribution >= 4 is 28.5 Å². The van der Waals surface area contributed by atoms with Crippen molar-refractivity contribution in [2.24, 2.45) is 0 Å². The van der Waals surface area contributed by atoms with Crippen LogP contribution in [-0.2, 0) is 9.53 Å². The Morgan fingerprint density at radius 2 is 1.86 bits per heavy atom. The van der Waals surface area contributed by atoms with Crippen molar-refractivity contribution in [2.75, 3.05) is 5.32 Å². The van der Waals surface area contributed by atoms with Gasteiger partial charge in [-0.15, -0.1) is 0 Å². The van der Waals surface area contributed by atoms with E-state index in [0.29, 0.717) is 5.39 Å². The third-order valence-corrected chi connectivity index (χ3v) is 3.92. The molecule has 1 aromatic heterocycles. The van der Waals surface area contributed by atoms with Crippen LogP contribution in [0.25, 0.3) is 11.0 Å². The number of aryl methyl sites for hydroxylation is 1. The fourth-order valence-corrected chi connectivity index (χ4v) is 2.47. The van der Waals surface area contributed by atoms with Crippen molar-refractivity contribution in [3.05, 3.63) is 75.6 Å². The molecule has 8 heteroatoms. The lowest BCUT2D eigenvalue weighted by molar-refractivity contribution is -0.123.